The van der Waals surface area contributed by atoms with Gasteiger partial charge in [0, 0.05) is 4.47 Å². The van der Waals surface area contributed by atoms with Gasteiger partial charge in [0.25, 0.3) is 0 Å². The predicted octanol–water partition coefficient (Wildman–Crippen LogP) is 2.46. The molecule has 9 heteroatoms. The van der Waals surface area contributed by atoms with Gasteiger partial charge >= 0.3 is 6.61 Å². The van der Waals surface area contributed by atoms with Crippen LogP contribution >= 0.6 is 31.9 Å². The lowest BCUT2D eigenvalue weighted by Gasteiger charge is -2.10. The molecule has 2 N–H and O–H groups in total. The molecule has 0 fully saturated rings. The third-order valence-corrected chi connectivity index (χ3v) is 4.48. The Morgan fingerprint density at radius 1 is 1.31 bits per heavy atom. The Hall–Kier alpha value is -0.250. The lowest BCUT2D eigenvalue weighted by atomic mass is 10.3. The molecule has 0 aromatic heterocycles. The summed E-state index contributed by atoms with van der Waals surface area (Å²) in [6, 6.07) is 2.44. The van der Waals surface area contributed by atoms with Crippen molar-refractivity contribution in [2.45, 2.75) is 11.5 Å². The first kappa shape index (κ1) is 13.8. The molecular formula is C7H5Br2F2NO3S. The number of benzene rings is 1. The third kappa shape index (κ3) is 3.12. The van der Waals surface area contributed by atoms with E-state index in [1.165, 1.54) is 12.1 Å². The number of hydrogen-bond donors (Lipinski definition) is 1. The van der Waals surface area contributed by atoms with Crippen LogP contribution in [0.1, 0.15) is 0 Å². The molecule has 0 heterocycles. The molecule has 1 aromatic rings. The van der Waals surface area contributed by atoms with Gasteiger partial charge in [-0.05, 0) is 44.0 Å². The number of alkyl halides is 2. The van der Waals surface area contributed by atoms with Gasteiger partial charge in [0.05, 0.1) is 4.47 Å². The molecule has 0 aliphatic heterocycles. The number of sulfonamides is 1. The van der Waals surface area contributed by atoms with Gasteiger partial charge in [0.2, 0.25) is 10.0 Å². The van der Waals surface area contributed by atoms with E-state index in [2.05, 4.69) is 36.6 Å². The largest absolute Gasteiger partial charge is 0.434 e. The van der Waals surface area contributed by atoms with Crippen LogP contribution in [0, 0.1) is 0 Å². The molecule has 4 nitrogen and oxygen atoms in total. The molecule has 0 aliphatic carbocycles. The molecule has 0 bridgehead atoms. The summed E-state index contributed by atoms with van der Waals surface area (Å²) >= 11 is 5.80. The molecule has 0 atom stereocenters. The molecule has 0 unspecified atom stereocenters. The van der Waals surface area contributed by atoms with Crippen LogP contribution in [0.15, 0.2) is 26.0 Å². The zero-order valence-corrected chi connectivity index (χ0v) is 11.4. The molecule has 16 heavy (non-hydrogen) atoms. The van der Waals surface area contributed by atoms with Crippen molar-refractivity contribution in [2.75, 3.05) is 0 Å². The van der Waals surface area contributed by atoms with Crippen molar-refractivity contribution in [1.29, 1.82) is 0 Å². The van der Waals surface area contributed by atoms with Gasteiger partial charge in [-0.25, -0.2) is 13.6 Å². The van der Waals surface area contributed by atoms with Crippen LogP contribution in [-0.2, 0) is 10.0 Å². The van der Waals surface area contributed by atoms with E-state index in [9.17, 15) is 17.2 Å². The zero-order chi connectivity index (χ0) is 12.5. The van der Waals surface area contributed by atoms with E-state index in [-0.39, 0.29) is 19.6 Å². The van der Waals surface area contributed by atoms with E-state index < -0.39 is 16.6 Å². The second-order valence-corrected chi connectivity index (χ2v) is 5.76. The highest BCUT2D eigenvalue weighted by atomic mass is 79.9. The molecule has 0 spiro atoms. The van der Waals surface area contributed by atoms with Gasteiger partial charge in [0.15, 0.2) is 0 Å². The SMILES string of the molecule is NS(=O)(=O)c1c(Br)ccc(OC(F)F)c1Br. The fraction of sp³-hybridized carbons (Fsp3) is 0.143. The molecule has 0 saturated heterocycles. The summed E-state index contributed by atoms with van der Waals surface area (Å²) in [6.07, 6.45) is 0. The summed E-state index contributed by atoms with van der Waals surface area (Å²) in [5.41, 5.74) is 0. The van der Waals surface area contributed by atoms with Crippen molar-refractivity contribution in [3.8, 4) is 5.75 Å². The summed E-state index contributed by atoms with van der Waals surface area (Å²) in [4.78, 5) is -0.342. The van der Waals surface area contributed by atoms with Crippen molar-refractivity contribution in [1.82, 2.24) is 0 Å². The molecular weight excluding hydrogens is 376 g/mol. The maximum Gasteiger partial charge on any atom is 0.387 e. The predicted molar refractivity (Wildman–Crippen MR) is 59.8 cm³/mol. The molecule has 1 rings (SSSR count). The first-order valence-corrected chi connectivity index (χ1v) is 6.82. The Kier molecular flexibility index (Phi) is 4.27. The van der Waals surface area contributed by atoms with Crippen molar-refractivity contribution < 1.29 is 21.9 Å². The maximum atomic E-state index is 12.0. The highest BCUT2D eigenvalue weighted by molar-refractivity contribution is 9.11. The smallest absolute Gasteiger partial charge is 0.387 e. The summed E-state index contributed by atoms with van der Waals surface area (Å²) in [6.45, 7) is -3.05. The normalized spacial score (nSPS) is 11.9. The second kappa shape index (κ2) is 4.94. The van der Waals surface area contributed by atoms with E-state index in [0.29, 0.717) is 0 Å². The minimum absolute atomic E-state index is 0.148. The van der Waals surface area contributed by atoms with E-state index in [1.54, 1.807) is 0 Å². The van der Waals surface area contributed by atoms with Gasteiger partial charge in [0.1, 0.15) is 10.6 Å². The molecule has 0 radical (unpaired) electrons. The molecule has 1 aromatic carbocycles. The minimum atomic E-state index is -4.04. The molecule has 0 aliphatic rings. The van der Waals surface area contributed by atoms with E-state index >= 15 is 0 Å². The van der Waals surface area contributed by atoms with Crippen molar-refractivity contribution in [2.24, 2.45) is 5.14 Å². The third-order valence-electron chi connectivity index (χ3n) is 1.51. The lowest BCUT2D eigenvalue weighted by Crippen LogP contribution is -2.14. The summed E-state index contributed by atoms with van der Waals surface area (Å²) < 4.78 is 50.5. The fourth-order valence-electron chi connectivity index (χ4n) is 0.962. The van der Waals surface area contributed by atoms with Crippen LogP contribution in [0.4, 0.5) is 8.78 Å². The van der Waals surface area contributed by atoms with Gasteiger partial charge in [-0.3, -0.25) is 0 Å². The summed E-state index contributed by atoms with van der Waals surface area (Å²) in [5.74, 6) is -0.303. The number of primary sulfonamides is 1. The average Bonchev–Trinajstić information content (AvgIpc) is 2.07. The molecule has 0 amide bonds. The van der Waals surface area contributed by atoms with Gasteiger partial charge in [-0.2, -0.15) is 8.78 Å². The molecule has 0 saturated carbocycles. The average molecular weight is 381 g/mol. The van der Waals surface area contributed by atoms with E-state index in [0.717, 1.165) is 0 Å². The topological polar surface area (TPSA) is 69.4 Å². The number of nitrogens with two attached hydrogens (primary N) is 1. The zero-order valence-electron chi connectivity index (χ0n) is 7.45. The number of halogens is 4. The highest BCUT2D eigenvalue weighted by Crippen LogP contribution is 2.36. The monoisotopic (exact) mass is 379 g/mol. The second-order valence-electron chi connectivity index (χ2n) is 2.61. The van der Waals surface area contributed by atoms with Crippen molar-refractivity contribution in [3.63, 3.8) is 0 Å². The van der Waals surface area contributed by atoms with Crippen LogP contribution in [0.2, 0.25) is 0 Å². The van der Waals surface area contributed by atoms with Crippen LogP contribution in [0.3, 0.4) is 0 Å². The standard InChI is InChI=1S/C7H5Br2F2NO3S/c8-3-1-2-4(15-7(10)11)5(9)6(3)16(12,13)14/h1-2,7H,(H2,12,13,14). The van der Waals surface area contributed by atoms with Crippen LogP contribution in [0.25, 0.3) is 0 Å². The quantitative estimate of drug-likeness (QED) is 0.875. The number of rotatable bonds is 3. The Balaban J connectivity index is 3.39. The summed E-state index contributed by atoms with van der Waals surface area (Å²) in [7, 11) is -4.04. The first-order chi connectivity index (χ1) is 7.23. The van der Waals surface area contributed by atoms with Crippen molar-refractivity contribution >= 4 is 41.9 Å². The highest BCUT2D eigenvalue weighted by Gasteiger charge is 2.21. The number of hydrogen-bond acceptors (Lipinski definition) is 3. The Morgan fingerprint density at radius 2 is 1.88 bits per heavy atom. The van der Waals surface area contributed by atoms with E-state index in [1.807, 2.05) is 0 Å². The van der Waals surface area contributed by atoms with Gasteiger partial charge in [-0.15, -0.1) is 0 Å². The fourth-order valence-corrected chi connectivity index (χ4v) is 4.04. The summed E-state index contributed by atoms with van der Waals surface area (Å²) in [5, 5.41) is 4.93. The maximum absolute atomic E-state index is 12.0. The Labute approximate surface area is 107 Å². The van der Waals surface area contributed by atoms with E-state index in [4.69, 9.17) is 5.14 Å². The van der Waals surface area contributed by atoms with Crippen LogP contribution in [0.5, 0.6) is 5.75 Å². The lowest BCUT2D eigenvalue weighted by molar-refractivity contribution is -0.0505. The first-order valence-electron chi connectivity index (χ1n) is 3.69. The minimum Gasteiger partial charge on any atom is -0.434 e. The van der Waals surface area contributed by atoms with Crippen LogP contribution < -0.4 is 9.88 Å². The van der Waals surface area contributed by atoms with Crippen LogP contribution in [-0.4, -0.2) is 15.0 Å². The van der Waals surface area contributed by atoms with Gasteiger partial charge < -0.3 is 4.74 Å². The van der Waals surface area contributed by atoms with Gasteiger partial charge in [-0.1, -0.05) is 0 Å². The Morgan fingerprint density at radius 3 is 2.31 bits per heavy atom. The Bertz CT molecular complexity index is 507. The van der Waals surface area contributed by atoms with Crippen molar-refractivity contribution in [3.05, 3.63) is 21.1 Å². The molecule has 90 valence electrons. The number of ether oxygens (including phenoxy) is 1.